The van der Waals surface area contributed by atoms with E-state index in [0.29, 0.717) is 16.2 Å². The summed E-state index contributed by atoms with van der Waals surface area (Å²) in [4.78, 5) is 12.1. The second-order valence-corrected chi connectivity index (χ2v) is 3.90. The summed E-state index contributed by atoms with van der Waals surface area (Å²) in [6, 6.07) is 5.37. The quantitative estimate of drug-likeness (QED) is 0.855. The molecule has 0 aliphatic rings. The van der Waals surface area contributed by atoms with Crippen molar-refractivity contribution in [3.05, 3.63) is 34.7 Å². The summed E-state index contributed by atoms with van der Waals surface area (Å²) in [5.41, 5.74) is 6.34. The normalized spacial score (nSPS) is 10.1. The molecule has 0 radical (unpaired) electrons. The van der Waals surface area contributed by atoms with Gasteiger partial charge in [-0.2, -0.15) is 9.97 Å². The van der Waals surface area contributed by atoms with Gasteiger partial charge in [-0.25, -0.2) is 0 Å². The Balaban J connectivity index is 2.30. The van der Waals surface area contributed by atoms with Crippen molar-refractivity contribution in [1.29, 1.82) is 0 Å². The van der Waals surface area contributed by atoms with Crippen LogP contribution in [0.5, 0.6) is 11.8 Å². The van der Waals surface area contributed by atoms with E-state index in [2.05, 4.69) is 30.9 Å². The first-order valence-electron chi connectivity index (χ1n) is 4.54. The van der Waals surface area contributed by atoms with E-state index < -0.39 is 0 Å². The Kier molecular flexibility index (Phi) is 3.00. The molecule has 2 aromatic heterocycles. The van der Waals surface area contributed by atoms with Crippen molar-refractivity contribution in [2.75, 3.05) is 5.73 Å². The maximum absolute atomic E-state index is 5.57. The topological polar surface area (TPSA) is 73.9 Å². The zero-order valence-electron chi connectivity index (χ0n) is 8.51. The van der Waals surface area contributed by atoms with E-state index in [1.165, 1.54) is 0 Å². The lowest BCUT2D eigenvalue weighted by Gasteiger charge is -2.06. The minimum absolute atomic E-state index is 0.197. The van der Waals surface area contributed by atoms with E-state index in [1.807, 2.05) is 6.92 Å². The van der Waals surface area contributed by atoms with Gasteiger partial charge in [-0.3, -0.25) is 4.98 Å². The molecule has 0 aliphatic carbocycles. The average molecular weight is 281 g/mol. The van der Waals surface area contributed by atoms with Crippen LogP contribution in [0.4, 0.5) is 5.82 Å². The summed E-state index contributed by atoms with van der Waals surface area (Å²) in [5.74, 6) is 0.957. The lowest BCUT2D eigenvalue weighted by atomic mass is 10.3. The summed E-state index contributed by atoms with van der Waals surface area (Å²) < 4.78 is 6.06. The van der Waals surface area contributed by atoms with Gasteiger partial charge < -0.3 is 10.5 Å². The molecule has 0 atom stereocenters. The highest BCUT2D eigenvalue weighted by Gasteiger charge is 2.05. The van der Waals surface area contributed by atoms with Crippen molar-refractivity contribution in [3.63, 3.8) is 0 Å². The molecule has 2 rings (SSSR count). The first-order chi connectivity index (χ1) is 7.65. The van der Waals surface area contributed by atoms with Gasteiger partial charge in [0.15, 0.2) is 5.75 Å². The van der Waals surface area contributed by atoms with E-state index in [4.69, 9.17) is 10.5 Å². The third-order valence-corrected chi connectivity index (χ3v) is 2.26. The average Bonchev–Trinajstić information content (AvgIpc) is 2.20. The summed E-state index contributed by atoms with van der Waals surface area (Å²) >= 11 is 3.22. The highest BCUT2D eigenvalue weighted by Crippen LogP contribution is 2.22. The molecule has 0 aliphatic heterocycles. The highest BCUT2D eigenvalue weighted by atomic mass is 79.9. The number of ether oxygens (including phenoxy) is 1. The minimum Gasteiger partial charge on any atom is -0.422 e. The first kappa shape index (κ1) is 10.8. The molecule has 2 N–H and O–H groups in total. The maximum atomic E-state index is 5.57. The van der Waals surface area contributed by atoms with Crippen LogP contribution in [0.15, 0.2) is 29.0 Å². The predicted octanol–water partition coefficient (Wildman–Crippen LogP) is 2.32. The third-order valence-electron chi connectivity index (χ3n) is 1.85. The Hall–Kier alpha value is -1.69. The number of aromatic nitrogens is 3. The number of hydrogen-bond acceptors (Lipinski definition) is 5. The van der Waals surface area contributed by atoms with Crippen LogP contribution in [0.25, 0.3) is 0 Å². The molecule has 6 heteroatoms. The van der Waals surface area contributed by atoms with Crippen LogP contribution < -0.4 is 10.5 Å². The second-order valence-electron chi connectivity index (χ2n) is 3.09. The van der Waals surface area contributed by atoms with Gasteiger partial charge >= 0.3 is 6.01 Å². The van der Waals surface area contributed by atoms with Crippen LogP contribution in [0.3, 0.4) is 0 Å². The molecule has 16 heavy (non-hydrogen) atoms. The number of nitrogens with two attached hydrogens (primary N) is 1. The van der Waals surface area contributed by atoms with Crippen molar-refractivity contribution in [2.24, 2.45) is 0 Å². The summed E-state index contributed by atoms with van der Waals surface area (Å²) in [6.07, 6.45) is 1.69. The standard InChI is InChI=1S/C10H9BrN4O/c1-6-7(3-2-4-13-6)16-10-14-8(11)5-9(12)15-10/h2-5H,1H3,(H2,12,14,15). The van der Waals surface area contributed by atoms with Crippen molar-refractivity contribution in [1.82, 2.24) is 15.0 Å². The van der Waals surface area contributed by atoms with Gasteiger partial charge in [0, 0.05) is 12.3 Å². The summed E-state index contributed by atoms with van der Waals surface area (Å²) in [7, 11) is 0. The van der Waals surface area contributed by atoms with E-state index in [9.17, 15) is 0 Å². The molecule has 2 aromatic rings. The van der Waals surface area contributed by atoms with Gasteiger partial charge in [0.2, 0.25) is 0 Å². The fourth-order valence-electron chi connectivity index (χ4n) is 1.13. The maximum Gasteiger partial charge on any atom is 0.325 e. The minimum atomic E-state index is 0.197. The Labute approximate surface area is 101 Å². The number of nitrogen functional groups attached to an aromatic ring is 1. The van der Waals surface area contributed by atoms with Gasteiger partial charge in [-0.1, -0.05) is 0 Å². The largest absolute Gasteiger partial charge is 0.422 e. The number of anilines is 1. The Bertz CT molecular complexity index is 498. The Morgan fingerprint density at radius 3 is 2.88 bits per heavy atom. The van der Waals surface area contributed by atoms with Crippen molar-refractivity contribution in [3.8, 4) is 11.8 Å². The third kappa shape index (κ3) is 2.46. The molecule has 0 unspecified atom stereocenters. The molecular weight excluding hydrogens is 272 g/mol. The number of aryl methyl sites for hydroxylation is 1. The first-order valence-corrected chi connectivity index (χ1v) is 5.34. The smallest absolute Gasteiger partial charge is 0.325 e. The highest BCUT2D eigenvalue weighted by molar-refractivity contribution is 9.10. The summed E-state index contributed by atoms with van der Waals surface area (Å²) in [6.45, 7) is 1.84. The van der Waals surface area contributed by atoms with Crippen LogP contribution in [0.2, 0.25) is 0 Å². The molecule has 0 saturated carbocycles. The molecule has 2 heterocycles. The number of rotatable bonds is 2. The lowest BCUT2D eigenvalue weighted by Crippen LogP contribution is -1.98. The fraction of sp³-hybridized carbons (Fsp3) is 0.100. The van der Waals surface area contributed by atoms with Crippen LogP contribution in [-0.4, -0.2) is 15.0 Å². The van der Waals surface area contributed by atoms with Gasteiger partial charge in [-0.05, 0) is 35.0 Å². The molecule has 0 bridgehead atoms. The van der Waals surface area contributed by atoms with Gasteiger partial charge in [-0.15, -0.1) is 0 Å². The number of nitrogens with zero attached hydrogens (tertiary/aromatic N) is 3. The lowest BCUT2D eigenvalue weighted by molar-refractivity contribution is 0.436. The molecule has 0 fully saturated rings. The van der Waals surface area contributed by atoms with Gasteiger partial charge in [0.05, 0.1) is 5.69 Å². The van der Waals surface area contributed by atoms with Crippen molar-refractivity contribution < 1.29 is 4.74 Å². The summed E-state index contributed by atoms with van der Waals surface area (Å²) in [5, 5.41) is 0. The van der Waals surface area contributed by atoms with Gasteiger partial charge in [0.1, 0.15) is 10.4 Å². The Morgan fingerprint density at radius 2 is 2.19 bits per heavy atom. The van der Waals surface area contributed by atoms with Gasteiger partial charge in [0.25, 0.3) is 0 Å². The number of hydrogen-bond donors (Lipinski definition) is 1. The van der Waals surface area contributed by atoms with Crippen LogP contribution >= 0.6 is 15.9 Å². The molecule has 82 valence electrons. The second kappa shape index (κ2) is 4.44. The SMILES string of the molecule is Cc1ncccc1Oc1nc(N)cc(Br)n1. The zero-order chi connectivity index (χ0) is 11.5. The van der Waals surface area contributed by atoms with E-state index in [0.717, 1.165) is 5.69 Å². The van der Waals surface area contributed by atoms with Crippen molar-refractivity contribution in [2.45, 2.75) is 6.92 Å². The van der Waals surface area contributed by atoms with Crippen LogP contribution in [0, 0.1) is 6.92 Å². The van der Waals surface area contributed by atoms with Crippen LogP contribution in [-0.2, 0) is 0 Å². The fourth-order valence-corrected chi connectivity index (χ4v) is 1.52. The molecule has 0 aromatic carbocycles. The monoisotopic (exact) mass is 280 g/mol. The molecule has 0 amide bonds. The van der Waals surface area contributed by atoms with Crippen molar-refractivity contribution >= 4 is 21.7 Å². The predicted molar refractivity (Wildman–Crippen MR) is 63.2 cm³/mol. The van der Waals surface area contributed by atoms with E-state index >= 15 is 0 Å². The molecule has 0 saturated heterocycles. The zero-order valence-corrected chi connectivity index (χ0v) is 10.1. The van der Waals surface area contributed by atoms with E-state index in [-0.39, 0.29) is 6.01 Å². The molecule has 5 nitrogen and oxygen atoms in total. The molecular formula is C10H9BrN4O. The Morgan fingerprint density at radius 1 is 1.38 bits per heavy atom. The number of pyridine rings is 1. The van der Waals surface area contributed by atoms with E-state index in [1.54, 1.807) is 24.4 Å². The molecule has 0 spiro atoms. The van der Waals surface area contributed by atoms with Crippen LogP contribution in [0.1, 0.15) is 5.69 Å². The number of halogens is 1.